The van der Waals surface area contributed by atoms with E-state index in [1.54, 1.807) is 18.1 Å². The van der Waals surface area contributed by atoms with Crippen molar-refractivity contribution in [3.05, 3.63) is 41.1 Å². The van der Waals surface area contributed by atoms with Crippen LogP contribution in [0, 0.1) is 18.3 Å². The lowest BCUT2D eigenvalue weighted by Crippen LogP contribution is -2.39. The van der Waals surface area contributed by atoms with Gasteiger partial charge in [0.1, 0.15) is 17.4 Å². The van der Waals surface area contributed by atoms with Gasteiger partial charge in [-0.3, -0.25) is 4.79 Å². The lowest BCUT2D eigenvalue weighted by Gasteiger charge is -2.31. The van der Waals surface area contributed by atoms with E-state index in [9.17, 15) is 10.1 Å². The zero-order valence-electron chi connectivity index (χ0n) is 16.9. The molecule has 1 atom stereocenters. The minimum absolute atomic E-state index is 0.0809. The molecule has 5 nitrogen and oxygen atoms in total. The predicted octanol–water partition coefficient (Wildman–Crippen LogP) is 4.24. The van der Waals surface area contributed by atoms with Gasteiger partial charge in [0.05, 0.1) is 12.6 Å². The molecule has 0 aromatic heterocycles. The average molecular weight is 370 g/mol. The highest BCUT2D eigenvalue weighted by Crippen LogP contribution is 2.27. The Morgan fingerprint density at radius 2 is 2.11 bits per heavy atom. The SMILES string of the molecule is CCOc1ccc(C)cc1C(C)N/C=C(/C#N)C(=O)N(C)C1CCCCC1. The number of likely N-dealkylation sites (N-methyl/N-ethyl adjacent to an activating group) is 1. The second kappa shape index (κ2) is 10.0. The van der Waals surface area contributed by atoms with Crippen molar-refractivity contribution < 1.29 is 9.53 Å². The number of rotatable bonds is 7. The summed E-state index contributed by atoms with van der Waals surface area (Å²) >= 11 is 0. The maximum Gasteiger partial charge on any atom is 0.265 e. The van der Waals surface area contributed by atoms with Gasteiger partial charge in [0.2, 0.25) is 0 Å². The summed E-state index contributed by atoms with van der Waals surface area (Å²) in [5, 5.41) is 12.7. The number of nitrogens with one attached hydrogen (secondary N) is 1. The number of aryl methyl sites for hydroxylation is 1. The molecule has 1 aliphatic carbocycles. The maximum absolute atomic E-state index is 12.7. The van der Waals surface area contributed by atoms with E-state index in [-0.39, 0.29) is 23.6 Å². The fourth-order valence-electron chi connectivity index (χ4n) is 3.56. The van der Waals surface area contributed by atoms with Gasteiger partial charge in [0.15, 0.2) is 0 Å². The van der Waals surface area contributed by atoms with Crippen molar-refractivity contribution in [1.82, 2.24) is 10.2 Å². The Morgan fingerprint density at radius 1 is 1.41 bits per heavy atom. The Hall–Kier alpha value is -2.48. The van der Waals surface area contributed by atoms with Crippen molar-refractivity contribution in [3.8, 4) is 11.8 Å². The molecule has 1 aromatic carbocycles. The molecule has 2 rings (SSSR count). The first-order valence-electron chi connectivity index (χ1n) is 9.84. The number of ether oxygens (including phenoxy) is 1. The summed E-state index contributed by atoms with van der Waals surface area (Å²) in [5.74, 6) is 0.610. The number of carbonyl (C=O) groups is 1. The van der Waals surface area contributed by atoms with Crippen LogP contribution in [0.2, 0.25) is 0 Å². The van der Waals surface area contributed by atoms with E-state index in [2.05, 4.69) is 17.5 Å². The Morgan fingerprint density at radius 3 is 2.74 bits per heavy atom. The fraction of sp³-hybridized carbons (Fsp3) is 0.545. The molecular weight excluding hydrogens is 338 g/mol. The lowest BCUT2D eigenvalue weighted by molar-refractivity contribution is -0.128. The molecule has 0 bridgehead atoms. The van der Waals surface area contributed by atoms with Crippen LogP contribution in [0.15, 0.2) is 30.0 Å². The highest BCUT2D eigenvalue weighted by molar-refractivity contribution is 5.97. The number of nitriles is 1. The number of nitrogens with zero attached hydrogens (tertiary/aromatic N) is 2. The zero-order valence-corrected chi connectivity index (χ0v) is 16.9. The normalized spacial score (nSPS) is 16.3. The number of carbonyl (C=O) groups excluding carboxylic acids is 1. The first kappa shape index (κ1) is 20.8. The highest BCUT2D eigenvalue weighted by Gasteiger charge is 2.24. The van der Waals surface area contributed by atoms with E-state index >= 15 is 0 Å². The van der Waals surface area contributed by atoms with E-state index in [0.717, 1.165) is 42.6 Å². The van der Waals surface area contributed by atoms with Crippen molar-refractivity contribution in [2.45, 2.75) is 65.0 Å². The molecule has 1 saturated carbocycles. The van der Waals surface area contributed by atoms with Gasteiger partial charge in [-0.25, -0.2) is 0 Å². The molecule has 1 amide bonds. The van der Waals surface area contributed by atoms with E-state index in [4.69, 9.17) is 4.74 Å². The van der Waals surface area contributed by atoms with Crippen molar-refractivity contribution >= 4 is 5.91 Å². The molecule has 0 spiro atoms. The molecule has 1 N–H and O–H groups in total. The Balaban J connectivity index is 2.11. The molecule has 1 aromatic rings. The van der Waals surface area contributed by atoms with Gasteiger partial charge in [-0.1, -0.05) is 37.0 Å². The van der Waals surface area contributed by atoms with Gasteiger partial charge in [0, 0.05) is 24.9 Å². The fourth-order valence-corrected chi connectivity index (χ4v) is 3.56. The number of hydrogen-bond acceptors (Lipinski definition) is 4. The third kappa shape index (κ3) is 5.50. The summed E-state index contributed by atoms with van der Waals surface area (Å²) in [7, 11) is 1.81. The average Bonchev–Trinajstić information content (AvgIpc) is 2.69. The van der Waals surface area contributed by atoms with Crippen molar-refractivity contribution in [1.29, 1.82) is 5.26 Å². The van der Waals surface area contributed by atoms with E-state index in [1.807, 2.05) is 32.9 Å². The van der Waals surface area contributed by atoms with Crippen LogP contribution in [-0.2, 0) is 4.79 Å². The van der Waals surface area contributed by atoms with Crippen LogP contribution >= 0.6 is 0 Å². The monoisotopic (exact) mass is 369 g/mol. The van der Waals surface area contributed by atoms with E-state index < -0.39 is 0 Å². The minimum Gasteiger partial charge on any atom is -0.494 e. The third-order valence-corrected chi connectivity index (χ3v) is 5.20. The number of benzene rings is 1. The van der Waals surface area contributed by atoms with Crippen molar-refractivity contribution in [2.24, 2.45) is 0 Å². The summed E-state index contributed by atoms with van der Waals surface area (Å²) in [6.45, 7) is 6.57. The minimum atomic E-state index is -0.210. The first-order valence-corrected chi connectivity index (χ1v) is 9.84. The van der Waals surface area contributed by atoms with Crippen molar-refractivity contribution in [2.75, 3.05) is 13.7 Å². The molecule has 0 aliphatic heterocycles. The molecule has 1 unspecified atom stereocenters. The molecular formula is C22H31N3O2. The molecule has 1 fully saturated rings. The molecule has 0 heterocycles. The van der Waals surface area contributed by atoms with Gasteiger partial charge in [-0.2, -0.15) is 5.26 Å². The summed E-state index contributed by atoms with van der Waals surface area (Å²) in [6, 6.07) is 8.26. The second-order valence-corrected chi connectivity index (χ2v) is 7.24. The molecule has 0 radical (unpaired) electrons. The van der Waals surface area contributed by atoms with Gasteiger partial charge in [-0.05, 0) is 39.7 Å². The Labute approximate surface area is 163 Å². The lowest BCUT2D eigenvalue weighted by atomic mass is 9.94. The molecule has 5 heteroatoms. The maximum atomic E-state index is 12.7. The Bertz CT molecular complexity index is 715. The first-order chi connectivity index (χ1) is 13.0. The van der Waals surface area contributed by atoms with E-state index in [0.29, 0.717) is 6.61 Å². The van der Waals surface area contributed by atoms with Gasteiger partial charge < -0.3 is 15.0 Å². The number of hydrogen-bond donors (Lipinski definition) is 1. The van der Waals surface area contributed by atoms with Gasteiger partial charge >= 0.3 is 0 Å². The van der Waals surface area contributed by atoms with Gasteiger partial charge in [0.25, 0.3) is 5.91 Å². The Kier molecular flexibility index (Phi) is 7.72. The van der Waals surface area contributed by atoms with Crippen LogP contribution < -0.4 is 10.1 Å². The van der Waals surface area contributed by atoms with Crippen LogP contribution in [0.3, 0.4) is 0 Å². The summed E-state index contributed by atoms with van der Waals surface area (Å²) in [5.41, 5.74) is 2.29. The topological polar surface area (TPSA) is 65.4 Å². The van der Waals surface area contributed by atoms with Crippen LogP contribution in [-0.4, -0.2) is 30.5 Å². The molecule has 27 heavy (non-hydrogen) atoms. The smallest absolute Gasteiger partial charge is 0.265 e. The summed E-state index contributed by atoms with van der Waals surface area (Å²) in [6.07, 6.45) is 7.12. The van der Waals surface area contributed by atoms with Crippen LogP contribution in [0.5, 0.6) is 5.75 Å². The quantitative estimate of drug-likeness (QED) is 0.577. The third-order valence-electron chi connectivity index (χ3n) is 5.20. The van der Waals surface area contributed by atoms with Crippen LogP contribution in [0.25, 0.3) is 0 Å². The predicted molar refractivity (Wildman–Crippen MR) is 107 cm³/mol. The molecule has 1 aliphatic rings. The largest absolute Gasteiger partial charge is 0.494 e. The molecule has 0 saturated heterocycles. The second-order valence-electron chi connectivity index (χ2n) is 7.24. The highest BCUT2D eigenvalue weighted by atomic mass is 16.5. The van der Waals surface area contributed by atoms with E-state index in [1.165, 1.54) is 6.42 Å². The van der Waals surface area contributed by atoms with Crippen molar-refractivity contribution in [3.63, 3.8) is 0 Å². The summed E-state index contributed by atoms with van der Waals surface area (Å²) < 4.78 is 5.71. The summed E-state index contributed by atoms with van der Waals surface area (Å²) in [4.78, 5) is 14.5. The standard InChI is InChI=1S/C22H31N3O2/c1-5-27-21-12-11-16(2)13-20(21)17(3)24-15-18(14-23)22(26)25(4)19-9-7-6-8-10-19/h11-13,15,17,19,24H,5-10H2,1-4H3/b18-15-. The molecule has 146 valence electrons. The van der Waals surface area contributed by atoms with Crippen LogP contribution in [0.4, 0.5) is 0 Å². The van der Waals surface area contributed by atoms with Crippen LogP contribution in [0.1, 0.15) is 63.1 Å². The zero-order chi connectivity index (χ0) is 19.8. The number of amides is 1. The van der Waals surface area contributed by atoms with Gasteiger partial charge in [-0.15, -0.1) is 0 Å².